The zero-order valence-corrected chi connectivity index (χ0v) is 71.0. The molecule has 0 aromatic heterocycles. The molecule has 0 fully saturated rings. The SMILES string of the molecule is CCCCCCCCCCCCCCCCCCCCCCC(=O)OC[C@H](COP(=O)(O)OC[C@@H](O)COP(=O)(O)OC[C@@H](COC(=O)CCCCCCCCCC(C)C)OC(=O)CCCCCCCCCCCCC(C)CC)OC(=O)CCCCCCCCCCCCCCCCCCCCC(C)C. The van der Waals surface area contributed by atoms with Crippen molar-refractivity contribution >= 4 is 39.5 Å². The lowest BCUT2D eigenvalue weighted by molar-refractivity contribution is -0.161. The first-order valence-electron chi connectivity index (χ1n) is 44.4. The van der Waals surface area contributed by atoms with Gasteiger partial charge < -0.3 is 33.8 Å². The number of unbranched alkanes of at least 4 members (excludes halogenated alkanes) is 51. The Morgan fingerprint density at radius 3 is 0.724 bits per heavy atom. The second-order valence-electron chi connectivity index (χ2n) is 32.1. The van der Waals surface area contributed by atoms with E-state index in [-0.39, 0.29) is 25.7 Å². The van der Waals surface area contributed by atoms with E-state index in [9.17, 15) is 43.2 Å². The lowest BCUT2D eigenvalue weighted by Crippen LogP contribution is -2.30. The summed E-state index contributed by atoms with van der Waals surface area (Å²) in [4.78, 5) is 73.2. The average molecular weight is 1540 g/mol. The van der Waals surface area contributed by atoms with Crippen LogP contribution in [0, 0.1) is 17.8 Å². The molecule has 0 rings (SSSR count). The minimum atomic E-state index is -4.97. The fraction of sp³-hybridized carbons (Fsp3) is 0.953. The third kappa shape index (κ3) is 78.5. The number of ether oxygens (including phenoxy) is 4. The first kappa shape index (κ1) is 103. The standard InChI is InChI=1S/C86H168O17P2/c1-8-10-11-12-13-14-15-16-17-18-19-20-24-27-30-33-39-46-53-60-67-83(88)96-73-81(102-85(90)69-62-55-47-40-34-31-28-25-22-21-23-26-29-32-37-43-50-57-64-77(3)4)75-100-104(92,93)98-71-80(87)72-99-105(94,95)101-76-82(74-97-84(89)68-61-54-49-42-44-51-58-65-78(5)6)103-86(91)70-63-56-48-41-36-35-38-45-52-59-66-79(7)9-2/h77-82,87H,8-76H2,1-7H3,(H,92,93)(H,94,95)/t79?,80-,81-,82-/m1/s1. The number of hydrogen-bond acceptors (Lipinski definition) is 15. The van der Waals surface area contributed by atoms with Crippen molar-refractivity contribution < 1.29 is 80.2 Å². The predicted molar refractivity (Wildman–Crippen MR) is 432 cm³/mol. The zero-order chi connectivity index (χ0) is 77.2. The fourth-order valence-electron chi connectivity index (χ4n) is 13.3. The Balaban J connectivity index is 5.22. The van der Waals surface area contributed by atoms with Crippen molar-refractivity contribution in [2.24, 2.45) is 17.8 Å². The molecule has 17 nitrogen and oxygen atoms in total. The molecular formula is C86H168O17P2. The van der Waals surface area contributed by atoms with Crippen molar-refractivity contribution in [2.75, 3.05) is 39.6 Å². The van der Waals surface area contributed by atoms with Gasteiger partial charge in [-0.3, -0.25) is 37.3 Å². The van der Waals surface area contributed by atoms with Gasteiger partial charge in [-0.25, -0.2) is 9.13 Å². The molecule has 0 heterocycles. The summed E-state index contributed by atoms with van der Waals surface area (Å²) in [5.41, 5.74) is 0. The molecule has 19 heteroatoms. The van der Waals surface area contributed by atoms with E-state index in [2.05, 4.69) is 48.5 Å². The molecule has 6 atom stereocenters. The Bertz CT molecular complexity index is 2030. The van der Waals surface area contributed by atoms with Crippen LogP contribution >= 0.6 is 15.6 Å². The van der Waals surface area contributed by atoms with Gasteiger partial charge in [0.2, 0.25) is 0 Å². The van der Waals surface area contributed by atoms with E-state index < -0.39 is 97.5 Å². The summed E-state index contributed by atoms with van der Waals surface area (Å²) in [6, 6.07) is 0. The highest BCUT2D eigenvalue weighted by Gasteiger charge is 2.30. The third-order valence-corrected chi connectivity index (χ3v) is 22.4. The minimum Gasteiger partial charge on any atom is -0.462 e. The van der Waals surface area contributed by atoms with E-state index in [1.807, 2.05) is 0 Å². The number of carbonyl (C=O) groups excluding carboxylic acids is 4. The quantitative estimate of drug-likeness (QED) is 0.0222. The molecule has 0 radical (unpaired) electrons. The number of phosphoric acid groups is 2. The van der Waals surface area contributed by atoms with Gasteiger partial charge in [-0.1, -0.05) is 402 Å². The summed E-state index contributed by atoms with van der Waals surface area (Å²) in [7, 11) is -9.93. The van der Waals surface area contributed by atoms with Crippen LogP contribution in [0.2, 0.25) is 0 Å². The van der Waals surface area contributed by atoms with Crippen molar-refractivity contribution in [1.82, 2.24) is 0 Å². The van der Waals surface area contributed by atoms with Crippen LogP contribution in [0.5, 0.6) is 0 Å². The van der Waals surface area contributed by atoms with Gasteiger partial charge in [-0.15, -0.1) is 0 Å². The van der Waals surface area contributed by atoms with Crippen LogP contribution in [-0.4, -0.2) is 96.7 Å². The van der Waals surface area contributed by atoms with Gasteiger partial charge in [0.1, 0.15) is 19.3 Å². The number of esters is 4. The van der Waals surface area contributed by atoms with Gasteiger partial charge >= 0.3 is 39.5 Å². The van der Waals surface area contributed by atoms with E-state index in [4.69, 9.17) is 37.0 Å². The second kappa shape index (κ2) is 76.1. The molecular weight excluding hydrogens is 1370 g/mol. The van der Waals surface area contributed by atoms with E-state index >= 15 is 0 Å². The largest absolute Gasteiger partial charge is 0.472 e. The highest BCUT2D eigenvalue weighted by atomic mass is 31.2. The summed E-state index contributed by atoms with van der Waals surface area (Å²) < 4.78 is 68.9. The van der Waals surface area contributed by atoms with Crippen molar-refractivity contribution in [1.29, 1.82) is 0 Å². The first-order chi connectivity index (χ1) is 50.8. The molecule has 0 saturated carbocycles. The highest BCUT2D eigenvalue weighted by molar-refractivity contribution is 7.47. The van der Waals surface area contributed by atoms with Crippen LogP contribution in [0.1, 0.15) is 453 Å². The van der Waals surface area contributed by atoms with Crippen LogP contribution < -0.4 is 0 Å². The Hall–Kier alpha value is -1.94. The Morgan fingerprint density at radius 2 is 0.486 bits per heavy atom. The molecule has 0 aromatic rings. The van der Waals surface area contributed by atoms with Gasteiger partial charge in [0.15, 0.2) is 12.2 Å². The predicted octanol–water partition coefficient (Wildman–Crippen LogP) is 26.1. The zero-order valence-electron chi connectivity index (χ0n) is 69.2. The number of rotatable bonds is 84. The molecule has 0 aliphatic rings. The van der Waals surface area contributed by atoms with Gasteiger partial charge in [-0.2, -0.15) is 0 Å². The number of hydrogen-bond donors (Lipinski definition) is 3. The van der Waals surface area contributed by atoms with E-state index in [0.29, 0.717) is 31.6 Å². The number of carbonyl (C=O) groups is 4. The van der Waals surface area contributed by atoms with Gasteiger partial charge in [0.25, 0.3) is 0 Å². The number of aliphatic hydroxyl groups is 1. The Labute approximate surface area is 645 Å². The molecule has 3 N–H and O–H groups in total. The topological polar surface area (TPSA) is 237 Å². The van der Waals surface area contributed by atoms with Crippen molar-refractivity contribution in [3.05, 3.63) is 0 Å². The van der Waals surface area contributed by atoms with Gasteiger partial charge in [-0.05, 0) is 43.4 Å². The summed E-state index contributed by atoms with van der Waals surface area (Å²) in [5.74, 6) is 0.221. The normalized spacial score (nSPS) is 14.1. The van der Waals surface area contributed by atoms with Crippen molar-refractivity contribution in [3.8, 4) is 0 Å². The maximum absolute atomic E-state index is 13.1. The smallest absolute Gasteiger partial charge is 0.462 e. The van der Waals surface area contributed by atoms with Crippen molar-refractivity contribution in [2.45, 2.75) is 471 Å². The first-order valence-corrected chi connectivity index (χ1v) is 47.4. The van der Waals surface area contributed by atoms with E-state index in [1.165, 1.54) is 257 Å². The summed E-state index contributed by atoms with van der Waals surface area (Å²) >= 11 is 0. The third-order valence-electron chi connectivity index (χ3n) is 20.5. The summed E-state index contributed by atoms with van der Waals surface area (Å²) in [6.45, 7) is 12.0. The van der Waals surface area contributed by atoms with Gasteiger partial charge in [0, 0.05) is 25.7 Å². The molecule has 0 saturated heterocycles. The molecule has 3 unspecified atom stereocenters. The minimum absolute atomic E-state index is 0.106. The number of aliphatic hydroxyl groups excluding tert-OH is 1. The van der Waals surface area contributed by atoms with Crippen LogP contribution in [0.25, 0.3) is 0 Å². The lowest BCUT2D eigenvalue weighted by atomic mass is 9.99. The van der Waals surface area contributed by atoms with Crippen molar-refractivity contribution in [3.63, 3.8) is 0 Å². The second-order valence-corrected chi connectivity index (χ2v) is 35.0. The molecule has 0 aliphatic carbocycles. The number of phosphoric ester groups is 2. The maximum Gasteiger partial charge on any atom is 0.472 e. The molecule has 0 aromatic carbocycles. The maximum atomic E-state index is 13.1. The highest BCUT2D eigenvalue weighted by Crippen LogP contribution is 2.45. The molecule has 105 heavy (non-hydrogen) atoms. The molecule has 0 amide bonds. The lowest BCUT2D eigenvalue weighted by Gasteiger charge is -2.21. The van der Waals surface area contributed by atoms with Crippen LogP contribution in [-0.2, 0) is 65.4 Å². The van der Waals surface area contributed by atoms with Gasteiger partial charge in [0.05, 0.1) is 26.4 Å². The van der Waals surface area contributed by atoms with Crippen LogP contribution in [0.15, 0.2) is 0 Å². The monoisotopic (exact) mass is 1540 g/mol. The van der Waals surface area contributed by atoms with Crippen LogP contribution in [0.4, 0.5) is 0 Å². The van der Waals surface area contributed by atoms with E-state index in [1.54, 1.807) is 0 Å². The summed E-state index contributed by atoms with van der Waals surface area (Å²) in [6.07, 6.45) is 66.8. The summed E-state index contributed by atoms with van der Waals surface area (Å²) in [5, 5.41) is 10.7. The van der Waals surface area contributed by atoms with Crippen LogP contribution in [0.3, 0.4) is 0 Å². The average Bonchev–Trinajstić information content (AvgIpc) is 0.905. The fourth-order valence-corrected chi connectivity index (χ4v) is 14.9. The molecule has 624 valence electrons. The molecule has 0 aliphatic heterocycles. The Kier molecular flexibility index (Phi) is 74.7. The molecule has 0 bridgehead atoms. The van der Waals surface area contributed by atoms with E-state index in [0.717, 1.165) is 108 Å². The Morgan fingerprint density at radius 1 is 0.276 bits per heavy atom. The molecule has 0 spiro atoms.